The molecule has 2 aliphatic rings. The summed E-state index contributed by atoms with van der Waals surface area (Å²) in [5, 5.41) is 18.4. The van der Waals surface area contributed by atoms with Gasteiger partial charge in [-0.05, 0) is 13.8 Å². The minimum absolute atomic E-state index is 0.221. The second-order valence-electron chi connectivity index (χ2n) is 3.82. The van der Waals surface area contributed by atoms with Crippen molar-refractivity contribution >= 4 is 0 Å². The number of hydrogen-bond acceptors (Lipinski definition) is 5. The SMILES string of the molecule is CC1(C)OC2O[C@@H](CO)[C@H](O)[C@@H]2O1. The molecule has 0 saturated carbocycles. The fourth-order valence-corrected chi connectivity index (χ4v) is 1.71. The van der Waals surface area contributed by atoms with Crippen molar-refractivity contribution < 1.29 is 24.4 Å². The molecule has 0 aromatic heterocycles. The smallest absolute Gasteiger partial charge is 0.190 e. The molecule has 0 spiro atoms. The fourth-order valence-electron chi connectivity index (χ4n) is 1.71. The summed E-state index contributed by atoms with van der Waals surface area (Å²) in [6.07, 6.45) is -2.43. The molecular formula is C8H14O5. The first-order valence-electron chi connectivity index (χ1n) is 4.33. The van der Waals surface area contributed by atoms with E-state index in [1.54, 1.807) is 13.8 Å². The van der Waals surface area contributed by atoms with Crippen molar-refractivity contribution in [2.75, 3.05) is 6.61 Å². The minimum atomic E-state index is -0.809. The second-order valence-corrected chi connectivity index (χ2v) is 3.82. The number of rotatable bonds is 1. The molecule has 2 N–H and O–H groups in total. The Kier molecular flexibility index (Phi) is 2.08. The average molecular weight is 190 g/mol. The van der Waals surface area contributed by atoms with Crippen molar-refractivity contribution in [2.45, 2.75) is 44.2 Å². The molecule has 0 aromatic carbocycles. The largest absolute Gasteiger partial charge is 0.394 e. The molecule has 2 saturated heterocycles. The van der Waals surface area contributed by atoms with Crippen LogP contribution in [0, 0.1) is 0 Å². The number of fused-ring (bicyclic) bond motifs is 1. The average Bonchev–Trinajstić information content (AvgIpc) is 2.47. The first-order chi connectivity index (χ1) is 6.03. The fraction of sp³-hybridized carbons (Fsp3) is 1.00. The van der Waals surface area contributed by atoms with Gasteiger partial charge in [0.15, 0.2) is 12.1 Å². The molecule has 2 rings (SSSR count). The number of hydrogen-bond donors (Lipinski definition) is 2. The van der Waals surface area contributed by atoms with Crippen LogP contribution in [0.3, 0.4) is 0 Å². The van der Waals surface area contributed by atoms with E-state index in [4.69, 9.17) is 19.3 Å². The summed E-state index contributed by atoms with van der Waals surface area (Å²) in [5.41, 5.74) is 0. The van der Waals surface area contributed by atoms with Gasteiger partial charge in [-0.25, -0.2) is 0 Å². The predicted octanol–water partition coefficient (Wildman–Crippen LogP) is -0.784. The van der Waals surface area contributed by atoms with Gasteiger partial charge in [0.2, 0.25) is 0 Å². The lowest BCUT2D eigenvalue weighted by Crippen LogP contribution is -2.36. The van der Waals surface area contributed by atoms with Crippen LogP contribution >= 0.6 is 0 Å². The first-order valence-corrected chi connectivity index (χ1v) is 4.33. The van der Waals surface area contributed by atoms with E-state index < -0.39 is 30.4 Å². The molecule has 0 aliphatic carbocycles. The van der Waals surface area contributed by atoms with Crippen molar-refractivity contribution in [2.24, 2.45) is 0 Å². The molecule has 2 heterocycles. The molecule has 5 heteroatoms. The summed E-state index contributed by atoms with van der Waals surface area (Å²) in [6, 6.07) is 0. The Bertz CT molecular complexity index is 205. The van der Waals surface area contributed by atoms with E-state index in [0.717, 1.165) is 0 Å². The maximum absolute atomic E-state index is 9.60. The van der Waals surface area contributed by atoms with Crippen LogP contribution in [0.15, 0.2) is 0 Å². The van der Waals surface area contributed by atoms with Crippen LogP contribution in [0.25, 0.3) is 0 Å². The van der Waals surface area contributed by atoms with Gasteiger partial charge in [-0.3, -0.25) is 0 Å². The molecule has 0 bridgehead atoms. The van der Waals surface area contributed by atoms with Crippen LogP contribution in [0.2, 0.25) is 0 Å². The summed E-state index contributed by atoms with van der Waals surface area (Å²) in [5.74, 6) is -0.712. The summed E-state index contributed by atoms with van der Waals surface area (Å²) in [6.45, 7) is 3.30. The zero-order valence-corrected chi connectivity index (χ0v) is 7.64. The summed E-state index contributed by atoms with van der Waals surface area (Å²) in [4.78, 5) is 0. The molecule has 13 heavy (non-hydrogen) atoms. The molecule has 2 aliphatic heterocycles. The minimum Gasteiger partial charge on any atom is -0.394 e. The zero-order chi connectivity index (χ0) is 9.64. The van der Waals surface area contributed by atoms with Crippen LogP contribution in [-0.2, 0) is 14.2 Å². The maximum Gasteiger partial charge on any atom is 0.190 e. The highest BCUT2D eigenvalue weighted by Gasteiger charge is 2.53. The van der Waals surface area contributed by atoms with Gasteiger partial charge in [-0.2, -0.15) is 0 Å². The van der Waals surface area contributed by atoms with Crippen LogP contribution in [0.5, 0.6) is 0 Å². The van der Waals surface area contributed by atoms with E-state index in [2.05, 4.69) is 0 Å². The van der Waals surface area contributed by atoms with Gasteiger partial charge in [0.1, 0.15) is 18.3 Å². The maximum atomic E-state index is 9.60. The van der Waals surface area contributed by atoms with Crippen molar-refractivity contribution in [1.29, 1.82) is 0 Å². The molecular weight excluding hydrogens is 176 g/mol. The Morgan fingerprint density at radius 3 is 2.54 bits per heavy atom. The van der Waals surface area contributed by atoms with Crippen LogP contribution in [-0.4, -0.2) is 47.2 Å². The van der Waals surface area contributed by atoms with E-state index in [1.807, 2.05) is 0 Å². The number of aliphatic hydroxyl groups is 2. The normalized spacial score (nSPS) is 48.0. The number of ether oxygens (including phenoxy) is 3. The Morgan fingerprint density at radius 1 is 1.31 bits per heavy atom. The standard InChI is InChI=1S/C8H14O5/c1-8(2)12-6-5(10)4(3-9)11-7(6)13-8/h4-7,9-10H,3H2,1-2H3/t4-,5-,6-,7?/m0/s1. The van der Waals surface area contributed by atoms with Gasteiger partial charge < -0.3 is 24.4 Å². The van der Waals surface area contributed by atoms with Crippen molar-refractivity contribution in [1.82, 2.24) is 0 Å². The van der Waals surface area contributed by atoms with Crippen LogP contribution in [0.1, 0.15) is 13.8 Å². The summed E-state index contributed by atoms with van der Waals surface area (Å²) >= 11 is 0. The third kappa shape index (κ3) is 1.47. The van der Waals surface area contributed by atoms with Gasteiger partial charge in [0, 0.05) is 0 Å². The highest BCUT2D eigenvalue weighted by molar-refractivity contribution is 4.92. The monoisotopic (exact) mass is 190 g/mol. The highest BCUT2D eigenvalue weighted by atomic mass is 16.8. The van der Waals surface area contributed by atoms with E-state index in [9.17, 15) is 5.11 Å². The van der Waals surface area contributed by atoms with E-state index in [1.165, 1.54) is 0 Å². The summed E-state index contributed by atoms with van der Waals surface area (Å²) in [7, 11) is 0. The lowest BCUT2D eigenvalue weighted by Gasteiger charge is -2.21. The van der Waals surface area contributed by atoms with Gasteiger partial charge in [-0.1, -0.05) is 0 Å². The highest BCUT2D eigenvalue weighted by Crippen LogP contribution is 2.36. The lowest BCUT2D eigenvalue weighted by atomic mass is 10.1. The van der Waals surface area contributed by atoms with Gasteiger partial charge >= 0.3 is 0 Å². The lowest BCUT2D eigenvalue weighted by molar-refractivity contribution is -0.218. The quantitative estimate of drug-likeness (QED) is 0.567. The van der Waals surface area contributed by atoms with Crippen molar-refractivity contribution in [3.05, 3.63) is 0 Å². The van der Waals surface area contributed by atoms with E-state index in [-0.39, 0.29) is 6.61 Å². The second kappa shape index (κ2) is 2.90. The van der Waals surface area contributed by atoms with Crippen molar-refractivity contribution in [3.8, 4) is 0 Å². The third-order valence-electron chi connectivity index (χ3n) is 2.29. The van der Waals surface area contributed by atoms with Gasteiger partial charge in [0.05, 0.1) is 6.61 Å². The molecule has 2 fully saturated rings. The molecule has 0 aromatic rings. The summed E-state index contributed by atoms with van der Waals surface area (Å²) < 4.78 is 16.0. The molecule has 5 nitrogen and oxygen atoms in total. The van der Waals surface area contributed by atoms with Gasteiger partial charge in [0.25, 0.3) is 0 Å². The Morgan fingerprint density at radius 2 is 2.00 bits per heavy atom. The Balaban J connectivity index is 2.07. The Hall–Kier alpha value is -0.200. The molecule has 1 unspecified atom stereocenters. The molecule has 0 amide bonds. The van der Waals surface area contributed by atoms with Crippen molar-refractivity contribution in [3.63, 3.8) is 0 Å². The number of aliphatic hydroxyl groups excluding tert-OH is 2. The first kappa shape index (κ1) is 9.36. The van der Waals surface area contributed by atoms with Crippen LogP contribution in [0.4, 0.5) is 0 Å². The van der Waals surface area contributed by atoms with E-state index in [0.29, 0.717) is 0 Å². The van der Waals surface area contributed by atoms with Gasteiger partial charge in [-0.15, -0.1) is 0 Å². The molecule has 0 radical (unpaired) electrons. The topological polar surface area (TPSA) is 68.2 Å². The zero-order valence-electron chi connectivity index (χ0n) is 7.64. The van der Waals surface area contributed by atoms with E-state index >= 15 is 0 Å². The molecule has 76 valence electrons. The Labute approximate surface area is 76.2 Å². The molecule has 4 atom stereocenters. The third-order valence-corrected chi connectivity index (χ3v) is 2.29. The predicted molar refractivity (Wildman–Crippen MR) is 41.8 cm³/mol. The van der Waals surface area contributed by atoms with Crippen LogP contribution < -0.4 is 0 Å².